The Labute approximate surface area is 186 Å². The van der Waals surface area contributed by atoms with Crippen molar-refractivity contribution in [1.29, 1.82) is 0 Å². The Kier molecular flexibility index (Phi) is 6.14. The van der Waals surface area contributed by atoms with Crippen LogP contribution in [0.4, 0.5) is 24.7 Å². The zero-order valence-electron chi connectivity index (χ0n) is 17.6. The smallest absolute Gasteiger partial charge is 0.415 e. The van der Waals surface area contributed by atoms with Gasteiger partial charge in [0.25, 0.3) is 0 Å². The predicted octanol–water partition coefficient (Wildman–Crippen LogP) is 3.25. The molecule has 1 aliphatic heterocycles. The molecule has 33 heavy (non-hydrogen) atoms. The van der Waals surface area contributed by atoms with Crippen molar-refractivity contribution in [2.45, 2.75) is 12.7 Å². The Bertz CT molecular complexity index is 1130. The van der Waals surface area contributed by atoms with Gasteiger partial charge in [-0.05, 0) is 5.56 Å². The molecule has 0 saturated carbocycles. The molecule has 0 radical (unpaired) electrons. The maximum atomic E-state index is 12.9. The third-order valence-electron chi connectivity index (χ3n) is 5.20. The third kappa shape index (κ3) is 5.03. The van der Waals surface area contributed by atoms with E-state index < -0.39 is 28.4 Å². The van der Waals surface area contributed by atoms with E-state index in [4.69, 9.17) is 4.74 Å². The number of ether oxygens (including phenoxy) is 1. The van der Waals surface area contributed by atoms with Crippen LogP contribution in [0.1, 0.15) is 11.3 Å². The molecule has 174 valence electrons. The fourth-order valence-corrected chi connectivity index (χ4v) is 3.56. The van der Waals surface area contributed by atoms with E-state index in [1.165, 1.54) is 12.6 Å². The van der Waals surface area contributed by atoms with Gasteiger partial charge in [-0.15, -0.1) is 0 Å². The molecular weight excluding hydrogens is 443 g/mol. The molecule has 0 amide bonds. The van der Waals surface area contributed by atoms with Crippen LogP contribution in [0.25, 0.3) is 0 Å². The van der Waals surface area contributed by atoms with Gasteiger partial charge in [-0.3, -0.25) is 15.0 Å². The van der Waals surface area contributed by atoms with Crippen molar-refractivity contribution in [2.24, 2.45) is 7.05 Å². The lowest BCUT2D eigenvalue weighted by atomic mass is 10.2. The normalized spacial score (nSPS) is 15.0. The summed E-state index contributed by atoms with van der Waals surface area (Å²) < 4.78 is 45.0. The lowest BCUT2D eigenvalue weighted by Gasteiger charge is -2.35. The summed E-state index contributed by atoms with van der Waals surface area (Å²) in [5.41, 5.74) is -0.515. The first kappa shape index (κ1) is 22.5. The van der Waals surface area contributed by atoms with Gasteiger partial charge in [0, 0.05) is 45.8 Å². The largest absolute Gasteiger partial charge is 0.435 e. The maximum Gasteiger partial charge on any atom is 0.435 e. The number of nitrogens with zero attached hydrogens (tertiary/aromatic N) is 7. The number of hydrogen-bond donors (Lipinski definition) is 0. The Balaban J connectivity index is 1.53. The first-order valence-electron chi connectivity index (χ1n) is 10.0. The monoisotopic (exact) mass is 463 g/mol. The summed E-state index contributed by atoms with van der Waals surface area (Å²) in [7, 11) is 1.24. The van der Waals surface area contributed by atoms with Crippen LogP contribution in [0.3, 0.4) is 0 Å². The second-order valence-corrected chi connectivity index (χ2v) is 7.45. The van der Waals surface area contributed by atoms with Crippen molar-refractivity contribution in [3.63, 3.8) is 0 Å². The van der Waals surface area contributed by atoms with E-state index in [0.717, 1.165) is 17.6 Å². The number of anilines is 1. The zero-order valence-corrected chi connectivity index (χ0v) is 17.6. The standard InChI is InChI=1S/C20H20F3N7O3/c1-27-16(11-15(26-27)20(21,22)23)33-19-17(30(31)32)18(24-13-25-19)29-9-7-28(8-10-29)12-14-5-3-2-4-6-14/h2-6,11,13H,7-10,12H2,1H3. The summed E-state index contributed by atoms with van der Waals surface area (Å²) in [6.07, 6.45) is -3.59. The average Bonchev–Trinajstić information content (AvgIpc) is 3.15. The average molecular weight is 463 g/mol. The van der Waals surface area contributed by atoms with Gasteiger partial charge < -0.3 is 9.64 Å². The second kappa shape index (κ2) is 9.02. The molecule has 3 aromatic rings. The summed E-state index contributed by atoms with van der Waals surface area (Å²) in [5.74, 6) is -0.723. The number of aromatic nitrogens is 4. The van der Waals surface area contributed by atoms with Crippen molar-refractivity contribution < 1.29 is 22.8 Å². The predicted molar refractivity (Wildman–Crippen MR) is 111 cm³/mol. The van der Waals surface area contributed by atoms with Crippen molar-refractivity contribution in [2.75, 3.05) is 31.1 Å². The first-order valence-corrected chi connectivity index (χ1v) is 10.0. The van der Waals surface area contributed by atoms with E-state index in [9.17, 15) is 23.3 Å². The highest BCUT2D eigenvalue weighted by Gasteiger charge is 2.36. The lowest BCUT2D eigenvalue weighted by Crippen LogP contribution is -2.46. The second-order valence-electron chi connectivity index (χ2n) is 7.45. The number of alkyl halides is 3. The Morgan fingerprint density at radius 3 is 2.42 bits per heavy atom. The molecule has 0 aliphatic carbocycles. The van der Waals surface area contributed by atoms with Crippen LogP contribution in [0.5, 0.6) is 11.8 Å². The van der Waals surface area contributed by atoms with Crippen molar-refractivity contribution in [1.82, 2.24) is 24.6 Å². The molecule has 0 N–H and O–H groups in total. The van der Waals surface area contributed by atoms with Crippen LogP contribution in [-0.4, -0.2) is 55.8 Å². The molecule has 1 aliphatic rings. The Morgan fingerprint density at radius 1 is 1.12 bits per heavy atom. The van der Waals surface area contributed by atoms with Crippen LogP contribution >= 0.6 is 0 Å². The highest BCUT2D eigenvalue weighted by atomic mass is 19.4. The number of aryl methyl sites for hydroxylation is 1. The number of halogens is 3. The summed E-state index contributed by atoms with van der Waals surface area (Å²) >= 11 is 0. The molecular formula is C20H20F3N7O3. The van der Waals surface area contributed by atoms with Gasteiger partial charge in [0.15, 0.2) is 5.69 Å². The van der Waals surface area contributed by atoms with Gasteiger partial charge in [0.05, 0.1) is 4.92 Å². The fourth-order valence-electron chi connectivity index (χ4n) is 3.56. The highest BCUT2D eigenvalue weighted by molar-refractivity contribution is 5.63. The first-order chi connectivity index (χ1) is 15.7. The molecule has 1 fully saturated rings. The highest BCUT2D eigenvalue weighted by Crippen LogP contribution is 2.38. The molecule has 2 aromatic heterocycles. The molecule has 10 nitrogen and oxygen atoms in total. The lowest BCUT2D eigenvalue weighted by molar-refractivity contribution is -0.385. The molecule has 1 saturated heterocycles. The molecule has 0 unspecified atom stereocenters. The summed E-state index contributed by atoms with van der Waals surface area (Å²) in [6.45, 7) is 3.03. The summed E-state index contributed by atoms with van der Waals surface area (Å²) in [4.78, 5) is 23.0. The fraction of sp³-hybridized carbons (Fsp3) is 0.350. The quantitative estimate of drug-likeness (QED) is 0.406. The minimum absolute atomic E-state index is 0.0579. The minimum Gasteiger partial charge on any atom is -0.415 e. The molecule has 0 atom stereocenters. The van der Waals surface area contributed by atoms with Crippen LogP contribution in [0, 0.1) is 10.1 Å². The van der Waals surface area contributed by atoms with Gasteiger partial charge in [0.1, 0.15) is 6.33 Å². The van der Waals surface area contributed by atoms with Crippen LogP contribution in [-0.2, 0) is 19.8 Å². The SMILES string of the molecule is Cn1nc(C(F)(F)F)cc1Oc1ncnc(N2CCN(Cc3ccccc3)CC2)c1[N+](=O)[O-]. The minimum atomic E-state index is -4.68. The van der Waals surface area contributed by atoms with Crippen molar-refractivity contribution in [3.8, 4) is 11.8 Å². The number of benzene rings is 1. The zero-order chi connectivity index (χ0) is 23.6. The van der Waals surface area contributed by atoms with Crippen LogP contribution in [0.15, 0.2) is 42.7 Å². The number of rotatable bonds is 6. The van der Waals surface area contributed by atoms with Crippen molar-refractivity contribution in [3.05, 3.63) is 64.1 Å². The van der Waals surface area contributed by atoms with E-state index in [-0.39, 0.29) is 11.7 Å². The van der Waals surface area contributed by atoms with E-state index in [1.54, 1.807) is 4.90 Å². The van der Waals surface area contributed by atoms with Crippen LogP contribution in [0.2, 0.25) is 0 Å². The van der Waals surface area contributed by atoms with E-state index in [0.29, 0.717) is 32.2 Å². The maximum absolute atomic E-state index is 12.9. The molecule has 3 heterocycles. The van der Waals surface area contributed by atoms with E-state index >= 15 is 0 Å². The summed E-state index contributed by atoms with van der Waals surface area (Å²) in [6, 6.07) is 10.6. The van der Waals surface area contributed by atoms with Gasteiger partial charge in [-0.1, -0.05) is 30.3 Å². The Hall–Kier alpha value is -3.74. The summed E-state index contributed by atoms with van der Waals surface area (Å²) in [5, 5.41) is 15.2. The number of piperazine rings is 1. The number of nitro groups is 1. The Morgan fingerprint density at radius 2 is 1.82 bits per heavy atom. The topological polar surface area (TPSA) is 102 Å². The molecule has 13 heteroatoms. The van der Waals surface area contributed by atoms with Crippen LogP contribution < -0.4 is 9.64 Å². The van der Waals surface area contributed by atoms with E-state index in [1.807, 2.05) is 30.3 Å². The third-order valence-corrected chi connectivity index (χ3v) is 5.20. The molecule has 1 aromatic carbocycles. The van der Waals surface area contributed by atoms with Gasteiger partial charge in [-0.25, -0.2) is 9.67 Å². The molecule has 0 bridgehead atoms. The van der Waals surface area contributed by atoms with Gasteiger partial charge in [-0.2, -0.15) is 23.3 Å². The van der Waals surface area contributed by atoms with Crippen molar-refractivity contribution >= 4 is 11.5 Å². The number of hydrogen-bond acceptors (Lipinski definition) is 8. The van der Waals surface area contributed by atoms with E-state index in [2.05, 4.69) is 20.0 Å². The molecule has 4 rings (SSSR count). The van der Waals surface area contributed by atoms with Gasteiger partial charge in [0.2, 0.25) is 11.7 Å². The molecule has 0 spiro atoms. The van der Waals surface area contributed by atoms with Gasteiger partial charge >= 0.3 is 17.7 Å².